The molecule has 7 heteroatoms. The molecule has 0 amide bonds. The maximum atomic E-state index is 6.39. The molecular weight excluding hydrogens is 383 g/mol. The summed E-state index contributed by atoms with van der Waals surface area (Å²) in [4.78, 5) is 4.09. The van der Waals surface area contributed by atoms with Crippen molar-refractivity contribution < 1.29 is 4.74 Å². The molecule has 0 saturated carbocycles. The number of thiocarbonyl (C=S) groups is 1. The molecule has 3 nitrogen and oxygen atoms in total. The highest BCUT2D eigenvalue weighted by Crippen LogP contribution is 2.37. The molecule has 0 aliphatic carbocycles. The van der Waals surface area contributed by atoms with Gasteiger partial charge in [-0.15, -0.1) is 0 Å². The second-order valence-electron chi connectivity index (χ2n) is 5.81. The molecular formula is C17H20Cl2N2OS2. The molecule has 2 rings (SSSR count). The fraction of sp³-hybridized carbons (Fsp3) is 0.412. The quantitative estimate of drug-likeness (QED) is 0.529. The Labute approximate surface area is 162 Å². The molecule has 1 heterocycles. The number of hydrogen-bond donors (Lipinski definition) is 0. The Balaban J connectivity index is 2.09. The summed E-state index contributed by atoms with van der Waals surface area (Å²) in [6.07, 6.45) is 6.43. The van der Waals surface area contributed by atoms with Gasteiger partial charge in [-0.25, -0.2) is 4.98 Å². The average molecular weight is 403 g/mol. The van der Waals surface area contributed by atoms with E-state index in [9.17, 15) is 0 Å². The minimum atomic E-state index is 0.0236. The number of aromatic nitrogens is 2. The van der Waals surface area contributed by atoms with Crippen LogP contribution in [0.4, 0.5) is 0 Å². The Morgan fingerprint density at radius 2 is 2.17 bits per heavy atom. The third-order valence-electron chi connectivity index (χ3n) is 3.40. The zero-order chi connectivity index (χ0) is 17.5. The van der Waals surface area contributed by atoms with Gasteiger partial charge in [-0.3, -0.25) is 0 Å². The van der Waals surface area contributed by atoms with Crippen molar-refractivity contribution in [3.63, 3.8) is 0 Å². The molecule has 1 aromatic heterocycles. The Hall–Kier alpha value is -0.750. The van der Waals surface area contributed by atoms with E-state index in [1.165, 1.54) is 11.8 Å². The largest absolute Gasteiger partial charge is 0.479 e. The third-order valence-corrected chi connectivity index (χ3v) is 5.37. The summed E-state index contributed by atoms with van der Waals surface area (Å²) in [6, 6.07) is 5.53. The van der Waals surface area contributed by atoms with Crippen LogP contribution in [0.25, 0.3) is 0 Å². The van der Waals surface area contributed by atoms with Crippen LogP contribution in [-0.4, -0.2) is 20.5 Å². The first-order chi connectivity index (χ1) is 11.5. The zero-order valence-corrected chi connectivity index (χ0v) is 16.8. The van der Waals surface area contributed by atoms with Gasteiger partial charge >= 0.3 is 0 Å². The smallest absolute Gasteiger partial charge is 0.220 e. The van der Waals surface area contributed by atoms with Gasteiger partial charge in [0.1, 0.15) is 0 Å². The van der Waals surface area contributed by atoms with E-state index in [2.05, 4.69) is 18.8 Å². The zero-order valence-electron chi connectivity index (χ0n) is 13.6. The van der Waals surface area contributed by atoms with Crippen LogP contribution in [0.15, 0.2) is 36.9 Å². The van der Waals surface area contributed by atoms with Gasteiger partial charge in [0.15, 0.2) is 0 Å². The van der Waals surface area contributed by atoms with Gasteiger partial charge in [0.2, 0.25) is 4.38 Å². The molecule has 0 N–H and O–H groups in total. The van der Waals surface area contributed by atoms with Gasteiger partial charge in [-0.05, 0) is 42.3 Å². The first kappa shape index (κ1) is 19.6. The van der Waals surface area contributed by atoms with Crippen molar-refractivity contribution in [3.05, 3.63) is 52.5 Å². The van der Waals surface area contributed by atoms with Crippen molar-refractivity contribution in [2.75, 3.05) is 6.61 Å². The average Bonchev–Trinajstić information content (AvgIpc) is 2.99. The van der Waals surface area contributed by atoms with E-state index in [1.807, 2.05) is 22.9 Å². The van der Waals surface area contributed by atoms with Crippen LogP contribution in [0.2, 0.25) is 10.0 Å². The van der Waals surface area contributed by atoms with Crippen molar-refractivity contribution in [2.45, 2.75) is 32.1 Å². The molecule has 1 unspecified atom stereocenters. The number of thioether (sulfide) groups is 1. The normalized spacial score (nSPS) is 12.4. The number of halogens is 2. The summed E-state index contributed by atoms with van der Waals surface area (Å²) in [6.45, 7) is 5.65. The highest BCUT2D eigenvalue weighted by molar-refractivity contribution is 8.22. The summed E-state index contributed by atoms with van der Waals surface area (Å²) in [5.41, 5.74) is 0.981. The highest BCUT2D eigenvalue weighted by atomic mass is 35.5. The molecule has 24 heavy (non-hydrogen) atoms. The summed E-state index contributed by atoms with van der Waals surface area (Å²) < 4.78 is 8.22. The predicted octanol–water partition coefficient (Wildman–Crippen LogP) is 6.01. The number of imidazole rings is 1. The molecule has 2 aromatic rings. The van der Waals surface area contributed by atoms with Gasteiger partial charge in [0.25, 0.3) is 0 Å². The van der Waals surface area contributed by atoms with Gasteiger partial charge in [0.05, 0.1) is 18.2 Å². The maximum absolute atomic E-state index is 6.39. The number of benzene rings is 1. The van der Waals surface area contributed by atoms with Gasteiger partial charge in [0, 0.05) is 29.0 Å². The molecule has 1 aromatic carbocycles. The van der Waals surface area contributed by atoms with Crippen molar-refractivity contribution in [1.29, 1.82) is 0 Å². The molecule has 0 saturated heterocycles. The molecule has 0 bridgehead atoms. The molecule has 130 valence electrons. The summed E-state index contributed by atoms with van der Waals surface area (Å²) in [5.74, 6) is 0.588. The Bertz CT molecular complexity index is 663. The second kappa shape index (κ2) is 9.66. The fourth-order valence-electron chi connectivity index (χ4n) is 2.08. The van der Waals surface area contributed by atoms with Crippen LogP contribution < -0.4 is 0 Å². The van der Waals surface area contributed by atoms with Gasteiger partial charge in [-0.2, -0.15) is 0 Å². The van der Waals surface area contributed by atoms with Crippen molar-refractivity contribution in [3.8, 4) is 0 Å². The van der Waals surface area contributed by atoms with Gasteiger partial charge in [-0.1, -0.05) is 54.9 Å². The molecule has 0 aliphatic rings. The lowest BCUT2D eigenvalue weighted by Gasteiger charge is -2.19. The van der Waals surface area contributed by atoms with Crippen LogP contribution in [0.1, 0.15) is 31.1 Å². The van der Waals surface area contributed by atoms with Gasteiger partial charge < -0.3 is 9.30 Å². The van der Waals surface area contributed by atoms with Crippen LogP contribution in [-0.2, 0) is 11.3 Å². The number of ether oxygens (including phenoxy) is 1. The molecule has 0 aliphatic heterocycles. The molecule has 0 radical (unpaired) electrons. The fourth-order valence-corrected chi connectivity index (χ4v) is 4.08. The number of hydrogen-bond acceptors (Lipinski definition) is 4. The van der Waals surface area contributed by atoms with E-state index in [0.717, 1.165) is 12.0 Å². The maximum Gasteiger partial charge on any atom is 0.220 e. The minimum absolute atomic E-state index is 0.0236. The van der Waals surface area contributed by atoms with Crippen molar-refractivity contribution in [2.24, 2.45) is 5.92 Å². The Morgan fingerprint density at radius 1 is 1.38 bits per heavy atom. The van der Waals surface area contributed by atoms with Crippen molar-refractivity contribution >= 4 is 51.6 Å². The first-order valence-electron chi connectivity index (χ1n) is 7.69. The van der Waals surface area contributed by atoms with Crippen molar-refractivity contribution in [1.82, 2.24) is 9.55 Å². The summed E-state index contributed by atoms with van der Waals surface area (Å²) in [7, 11) is 0. The minimum Gasteiger partial charge on any atom is -0.479 e. The van der Waals surface area contributed by atoms with Crippen LogP contribution in [0.5, 0.6) is 0 Å². The second-order valence-corrected chi connectivity index (χ2v) is 8.46. The molecule has 0 fully saturated rings. The summed E-state index contributed by atoms with van der Waals surface area (Å²) >= 11 is 19.3. The summed E-state index contributed by atoms with van der Waals surface area (Å²) in [5, 5.41) is 1.27. The van der Waals surface area contributed by atoms with Crippen LogP contribution in [0.3, 0.4) is 0 Å². The topological polar surface area (TPSA) is 27.1 Å². The Kier molecular flexibility index (Phi) is 7.88. The first-order valence-corrected chi connectivity index (χ1v) is 9.74. The predicted molar refractivity (Wildman–Crippen MR) is 107 cm³/mol. The van der Waals surface area contributed by atoms with E-state index in [0.29, 0.717) is 33.5 Å². The van der Waals surface area contributed by atoms with E-state index >= 15 is 0 Å². The van der Waals surface area contributed by atoms with E-state index in [-0.39, 0.29) is 5.25 Å². The standard InChI is InChI=1S/C17H20Cl2N2OS2/c1-12(2)5-8-22-17(23)24-16(10-21-7-6-20-11-21)14-4-3-13(18)9-15(14)19/h3-4,6-7,9,11-12,16H,5,8,10H2,1-2H3. The third kappa shape index (κ3) is 6.28. The number of nitrogens with zero attached hydrogens (tertiary/aromatic N) is 2. The van der Waals surface area contributed by atoms with E-state index < -0.39 is 0 Å². The lowest BCUT2D eigenvalue weighted by Crippen LogP contribution is -2.10. The molecule has 1 atom stereocenters. The van der Waals surface area contributed by atoms with E-state index in [1.54, 1.807) is 18.6 Å². The molecule has 0 spiro atoms. The lowest BCUT2D eigenvalue weighted by atomic mass is 10.1. The number of rotatable bonds is 7. The van der Waals surface area contributed by atoms with Crippen LogP contribution in [0, 0.1) is 5.92 Å². The highest BCUT2D eigenvalue weighted by Gasteiger charge is 2.19. The van der Waals surface area contributed by atoms with Crippen LogP contribution >= 0.6 is 47.2 Å². The Morgan fingerprint density at radius 3 is 2.79 bits per heavy atom. The monoisotopic (exact) mass is 402 g/mol. The van der Waals surface area contributed by atoms with E-state index in [4.69, 9.17) is 40.2 Å². The lowest BCUT2D eigenvalue weighted by molar-refractivity contribution is 0.292. The SMILES string of the molecule is CC(C)CCOC(=S)SC(Cn1ccnc1)c1ccc(Cl)cc1Cl.